The summed E-state index contributed by atoms with van der Waals surface area (Å²) in [7, 11) is 0. The number of hydrogen-bond donors (Lipinski definition) is 0. The predicted molar refractivity (Wildman–Crippen MR) is 178 cm³/mol. The molecule has 0 bridgehead atoms. The zero-order valence-corrected chi connectivity index (χ0v) is 23.0. The van der Waals surface area contributed by atoms with Crippen molar-refractivity contribution in [1.82, 2.24) is 4.98 Å². The quantitative estimate of drug-likeness (QED) is 0.205. The average Bonchev–Trinajstić information content (AvgIpc) is 3.07. The molecular formula is C41H27N. The number of hydrogen-bond acceptors (Lipinski definition) is 1. The molecule has 1 heteroatoms. The molecule has 1 nitrogen and oxygen atoms in total. The Bertz CT molecular complexity index is 2170. The van der Waals surface area contributed by atoms with Crippen LogP contribution in [0.4, 0.5) is 0 Å². The van der Waals surface area contributed by atoms with Crippen LogP contribution in [0.15, 0.2) is 164 Å². The maximum atomic E-state index is 4.62. The van der Waals surface area contributed by atoms with Gasteiger partial charge in [0.25, 0.3) is 0 Å². The second kappa shape index (κ2) is 10.1. The van der Waals surface area contributed by atoms with Gasteiger partial charge in [0, 0.05) is 11.8 Å². The lowest BCUT2D eigenvalue weighted by Crippen LogP contribution is -1.91. The van der Waals surface area contributed by atoms with Crippen LogP contribution in [0.3, 0.4) is 0 Å². The van der Waals surface area contributed by atoms with Gasteiger partial charge in [-0.25, -0.2) is 0 Å². The Morgan fingerprint density at radius 3 is 1.57 bits per heavy atom. The summed E-state index contributed by atoms with van der Waals surface area (Å²) < 4.78 is 0. The maximum Gasteiger partial charge on any atom is 0.0708 e. The third-order valence-electron chi connectivity index (χ3n) is 8.33. The van der Waals surface area contributed by atoms with Gasteiger partial charge in [0.05, 0.1) is 5.69 Å². The van der Waals surface area contributed by atoms with Gasteiger partial charge >= 0.3 is 0 Å². The summed E-state index contributed by atoms with van der Waals surface area (Å²) in [6.07, 6.45) is 1.90. The van der Waals surface area contributed by atoms with Gasteiger partial charge in [0.2, 0.25) is 0 Å². The Balaban J connectivity index is 1.32. The van der Waals surface area contributed by atoms with E-state index in [9.17, 15) is 0 Å². The van der Waals surface area contributed by atoms with Gasteiger partial charge in [0.15, 0.2) is 0 Å². The third kappa shape index (κ3) is 4.06. The minimum atomic E-state index is 0.984. The molecule has 0 saturated heterocycles. The summed E-state index contributed by atoms with van der Waals surface area (Å²) >= 11 is 0. The summed E-state index contributed by atoms with van der Waals surface area (Å²) in [5.41, 5.74) is 9.51. The highest BCUT2D eigenvalue weighted by Gasteiger charge is 2.17. The van der Waals surface area contributed by atoms with E-state index in [1.165, 1.54) is 60.1 Å². The zero-order chi connectivity index (χ0) is 27.9. The van der Waals surface area contributed by atoms with Crippen molar-refractivity contribution >= 4 is 32.3 Å². The number of nitrogens with zero attached hydrogens (tertiary/aromatic N) is 1. The van der Waals surface area contributed by atoms with Crippen LogP contribution < -0.4 is 0 Å². The van der Waals surface area contributed by atoms with Crippen molar-refractivity contribution < 1.29 is 0 Å². The normalized spacial score (nSPS) is 11.3. The SMILES string of the molecule is c1ccc(-c2cc(-c3ccc(-c4c5ccccc5c(-c5cccc6ccccc56)c5ccccc45)cc3)ccn2)cc1. The van der Waals surface area contributed by atoms with Crippen LogP contribution in [0, 0.1) is 0 Å². The highest BCUT2D eigenvalue weighted by molar-refractivity contribution is 6.23. The van der Waals surface area contributed by atoms with Crippen molar-refractivity contribution in [3.8, 4) is 44.6 Å². The lowest BCUT2D eigenvalue weighted by molar-refractivity contribution is 1.33. The lowest BCUT2D eigenvalue weighted by atomic mass is 9.84. The van der Waals surface area contributed by atoms with Crippen LogP contribution in [0.1, 0.15) is 0 Å². The molecule has 8 rings (SSSR count). The number of aromatic nitrogens is 1. The summed E-state index contributed by atoms with van der Waals surface area (Å²) in [6.45, 7) is 0. The second-order valence-electron chi connectivity index (χ2n) is 10.7. The highest BCUT2D eigenvalue weighted by Crippen LogP contribution is 2.45. The molecule has 0 aliphatic carbocycles. The Morgan fingerprint density at radius 2 is 0.881 bits per heavy atom. The molecule has 0 spiro atoms. The van der Waals surface area contributed by atoms with E-state index in [2.05, 4.69) is 157 Å². The monoisotopic (exact) mass is 533 g/mol. The minimum absolute atomic E-state index is 0.984. The molecule has 42 heavy (non-hydrogen) atoms. The van der Waals surface area contributed by atoms with E-state index in [-0.39, 0.29) is 0 Å². The van der Waals surface area contributed by atoms with Crippen LogP contribution >= 0.6 is 0 Å². The van der Waals surface area contributed by atoms with Gasteiger partial charge in [-0.15, -0.1) is 0 Å². The predicted octanol–water partition coefficient (Wildman–Crippen LogP) is 11.2. The highest BCUT2D eigenvalue weighted by atomic mass is 14.7. The van der Waals surface area contributed by atoms with Crippen molar-refractivity contribution in [2.24, 2.45) is 0 Å². The zero-order valence-electron chi connectivity index (χ0n) is 23.0. The topological polar surface area (TPSA) is 12.9 Å². The fraction of sp³-hybridized carbons (Fsp3) is 0. The molecule has 0 fully saturated rings. The summed E-state index contributed by atoms with van der Waals surface area (Å²) in [5.74, 6) is 0. The van der Waals surface area contributed by atoms with E-state index in [4.69, 9.17) is 0 Å². The van der Waals surface area contributed by atoms with Crippen molar-refractivity contribution in [2.45, 2.75) is 0 Å². The van der Waals surface area contributed by atoms with Crippen LogP contribution in [0.2, 0.25) is 0 Å². The van der Waals surface area contributed by atoms with E-state index < -0.39 is 0 Å². The molecule has 0 aliphatic rings. The fourth-order valence-corrected chi connectivity index (χ4v) is 6.38. The molecule has 0 amide bonds. The van der Waals surface area contributed by atoms with Crippen molar-refractivity contribution in [2.75, 3.05) is 0 Å². The van der Waals surface area contributed by atoms with E-state index >= 15 is 0 Å². The second-order valence-corrected chi connectivity index (χ2v) is 10.7. The molecule has 0 aliphatic heterocycles. The van der Waals surface area contributed by atoms with E-state index in [0.717, 1.165) is 16.8 Å². The minimum Gasteiger partial charge on any atom is -0.256 e. The average molecular weight is 534 g/mol. The third-order valence-corrected chi connectivity index (χ3v) is 8.33. The molecule has 0 radical (unpaired) electrons. The van der Waals surface area contributed by atoms with Gasteiger partial charge in [-0.3, -0.25) is 4.98 Å². The fourth-order valence-electron chi connectivity index (χ4n) is 6.38. The molecule has 8 aromatic rings. The molecule has 1 heterocycles. The van der Waals surface area contributed by atoms with Gasteiger partial charge in [-0.2, -0.15) is 0 Å². The first-order valence-corrected chi connectivity index (χ1v) is 14.4. The lowest BCUT2D eigenvalue weighted by Gasteiger charge is -2.19. The Morgan fingerprint density at radius 1 is 0.333 bits per heavy atom. The molecular weight excluding hydrogens is 506 g/mol. The van der Waals surface area contributed by atoms with E-state index in [1.807, 2.05) is 12.3 Å². The molecule has 7 aromatic carbocycles. The molecule has 0 atom stereocenters. The van der Waals surface area contributed by atoms with Gasteiger partial charge in [-0.05, 0) is 77.8 Å². The van der Waals surface area contributed by atoms with Crippen LogP contribution in [0.5, 0.6) is 0 Å². The van der Waals surface area contributed by atoms with Gasteiger partial charge < -0.3 is 0 Å². The van der Waals surface area contributed by atoms with Gasteiger partial charge in [-0.1, -0.05) is 146 Å². The number of pyridine rings is 1. The van der Waals surface area contributed by atoms with Gasteiger partial charge in [0.1, 0.15) is 0 Å². The summed E-state index contributed by atoms with van der Waals surface area (Å²) in [4.78, 5) is 4.62. The molecule has 1 aromatic heterocycles. The number of fused-ring (bicyclic) bond motifs is 3. The standard InChI is InChI=1S/C41H27N/c1-2-12-30(13-3-1)39-27-32(25-26-42-39)28-21-23-31(24-22-28)40-35-16-6-8-18-37(35)41(38-19-9-7-17-36(38)40)34-20-10-14-29-11-4-5-15-33(29)34/h1-27H. The van der Waals surface area contributed by atoms with Crippen LogP contribution in [-0.2, 0) is 0 Å². The van der Waals surface area contributed by atoms with Crippen molar-refractivity contribution in [3.63, 3.8) is 0 Å². The number of rotatable bonds is 4. The Kier molecular flexibility index (Phi) is 5.86. The Labute approximate surface area is 245 Å². The smallest absolute Gasteiger partial charge is 0.0708 e. The first-order chi connectivity index (χ1) is 20.8. The van der Waals surface area contributed by atoms with Crippen LogP contribution in [0.25, 0.3) is 77.0 Å². The molecule has 0 N–H and O–H groups in total. The first-order valence-electron chi connectivity index (χ1n) is 14.4. The van der Waals surface area contributed by atoms with Crippen molar-refractivity contribution in [1.29, 1.82) is 0 Å². The molecule has 0 unspecified atom stereocenters. The number of benzene rings is 7. The largest absolute Gasteiger partial charge is 0.256 e. The van der Waals surface area contributed by atoms with E-state index in [1.54, 1.807) is 0 Å². The van der Waals surface area contributed by atoms with E-state index in [0.29, 0.717) is 0 Å². The maximum absolute atomic E-state index is 4.62. The Hall–Kier alpha value is -5.53. The van der Waals surface area contributed by atoms with Crippen LogP contribution in [-0.4, -0.2) is 4.98 Å². The molecule has 0 saturated carbocycles. The summed E-state index contributed by atoms with van der Waals surface area (Å²) in [5, 5.41) is 7.61. The molecule has 196 valence electrons. The first kappa shape index (κ1) is 24.3. The van der Waals surface area contributed by atoms with Crippen molar-refractivity contribution in [3.05, 3.63) is 164 Å². The summed E-state index contributed by atoms with van der Waals surface area (Å²) in [6, 6.07) is 56.7.